The van der Waals surface area contributed by atoms with E-state index in [-0.39, 0.29) is 17.4 Å². The summed E-state index contributed by atoms with van der Waals surface area (Å²) in [7, 11) is -3.83. The molecule has 0 saturated carbocycles. The summed E-state index contributed by atoms with van der Waals surface area (Å²) in [6.07, 6.45) is 1.53. The minimum absolute atomic E-state index is 0.0455. The van der Waals surface area contributed by atoms with Gasteiger partial charge in [0, 0.05) is 24.5 Å². The van der Waals surface area contributed by atoms with Gasteiger partial charge >= 0.3 is 0 Å². The largest absolute Gasteiger partial charge is 0.485 e. The van der Waals surface area contributed by atoms with E-state index in [9.17, 15) is 13.2 Å². The Hall–Kier alpha value is -2.91. The molecule has 1 aliphatic heterocycles. The van der Waals surface area contributed by atoms with Crippen molar-refractivity contribution >= 4 is 38.6 Å². The SMILES string of the molecule is CC(=O)N1CCCc2cc(S(=O)(=O)Nc3ccccc3OCc3cscn3)ccc21. The molecule has 3 aromatic rings. The smallest absolute Gasteiger partial charge is 0.262 e. The van der Waals surface area contributed by atoms with E-state index in [1.165, 1.54) is 24.3 Å². The van der Waals surface area contributed by atoms with E-state index in [0.29, 0.717) is 18.0 Å². The second-order valence-corrected chi connectivity index (χ2v) is 9.34. The molecule has 0 spiro atoms. The fourth-order valence-corrected chi connectivity index (χ4v) is 5.07. The number of carbonyl (C=O) groups is 1. The lowest BCUT2D eigenvalue weighted by Gasteiger charge is -2.28. The molecule has 0 aliphatic carbocycles. The number of sulfonamides is 1. The van der Waals surface area contributed by atoms with Crippen LogP contribution in [-0.2, 0) is 27.8 Å². The first-order chi connectivity index (χ1) is 14.4. The van der Waals surface area contributed by atoms with Crippen molar-refractivity contribution in [1.82, 2.24) is 4.98 Å². The maximum Gasteiger partial charge on any atom is 0.262 e. The molecule has 4 rings (SSSR count). The number of rotatable bonds is 6. The summed E-state index contributed by atoms with van der Waals surface area (Å²) in [5, 5.41) is 1.88. The molecule has 1 aromatic heterocycles. The summed E-state index contributed by atoms with van der Waals surface area (Å²) in [5.41, 5.74) is 4.49. The first-order valence-electron chi connectivity index (χ1n) is 9.47. The van der Waals surface area contributed by atoms with Crippen LogP contribution in [-0.4, -0.2) is 25.9 Å². The van der Waals surface area contributed by atoms with Crippen molar-refractivity contribution in [3.8, 4) is 5.75 Å². The number of hydrogen-bond acceptors (Lipinski definition) is 6. The zero-order chi connectivity index (χ0) is 21.1. The third kappa shape index (κ3) is 4.31. The van der Waals surface area contributed by atoms with Crippen LogP contribution in [0.4, 0.5) is 11.4 Å². The molecule has 2 heterocycles. The average molecular weight is 444 g/mol. The minimum atomic E-state index is -3.83. The normalized spacial score (nSPS) is 13.6. The van der Waals surface area contributed by atoms with Gasteiger partial charge in [0.1, 0.15) is 12.4 Å². The Kier molecular flexibility index (Phi) is 5.74. The van der Waals surface area contributed by atoms with E-state index in [1.807, 2.05) is 5.38 Å². The van der Waals surface area contributed by atoms with Gasteiger partial charge < -0.3 is 9.64 Å². The van der Waals surface area contributed by atoms with Crippen molar-refractivity contribution in [2.75, 3.05) is 16.2 Å². The van der Waals surface area contributed by atoms with Crippen molar-refractivity contribution in [2.45, 2.75) is 31.3 Å². The summed E-state index contributed by atoms with van der Waals surface area (Å²) < 4.78 is 34.5. The highest BCUT2D eigenvalue weighted by atomic mass is 32.2. The van der Waals surface area contributed by atoms with Gasteiger partial charge in [0.05, 0.1) is 21.8 Å². The molecular weight excluding hydrogens is 422 g/mol. The van der Waals surface area contributed by atoms with Gasteiger partial charge in [-0.05, 0) is 48.7 Å². The third-order valence-corrected chi connectivity index (χ3v) is 6.85. The highest BCUT2D eigenvalue weighted by molar-refractivity contribution is 7.92. The van der Waals surface area contributed by atoms with E-state index in [4.69, 9.17) is 4.74 Å². The lowest BCUT2D eigenvalue weighted by Crippen LogP contribution is -2.33. The predicted octanol–water partition coefficient (Wildman–Crippen LogP) is 3.82. The molecule has 0 atom stereocenters. The Morgan fingerprint density at radius 2 is 2.10 bits per heavy atom. The minimum Gasteiger partial charge on any atom is -0.485 e. The topological polar surface area (TPSA) is 88.6 Å². The summed E-state index contributed by atoms with van der Waals surface area (Å²) in [6.45, 7) is 2.42. The quantitative estimate of drug-likeness (QED) is 0.626. The Labute approximate surface area is 179 Å². The number of benzene rings is 2. The second-order valence-electron chi connectivity index (χ2n) is 6.93. The van der Waals surface area contributed by atoms with Gasteiger partial charge in [0.25, 0.3) is 10.0 Å². The molecule has 2 aromatic carbocycles. The molecule has 1 aliphatic rings. The van der Waals surface area contributed by atoms with Gasteiger partial charge in [-0.25, -0.2) is 13.4 Å². The lowest BCUT2D eigenvalue weighted by atomic mass is 10.0. The first kappa shape index (κ1) is 20.4. The first-order valence-corrected chi connectivity index (χ1v) is 11.9. The van der Waals surface area contributed by atoms with Crippen molar-refractivity contribution in [3.63, 3.8) is 0 Å². The molecule has 0 radical (unpaired) electrons. The number of para-hydroxylation sites is 2. The van der Waals surface area contributed by atoms with Crippen molar-refractivity contribution < 1.29 is 17.9 Å². The van der Waals surface area contributed by atoms with Gasteiger partial charge in [-0.1, -0.05) is 12.1 Å². The van der Waals surface area contributed by atoms with Gasteiger partial charge in [0.2, 0.25) is 5.91 Å². The van der Waals surface area contributed by atoms with Gasteiger partial charge in [0.15, 0.2) is 0 Å². The number of hydrogen-bond donors (Lipinski definition) is 1. The summed E-state index contributed by atoms with van der Waals surface area (Å²) in [5.74, 6) is 0.380. The van der Waals surface area contributed by atoms with Crippen LogP contribution in [0.25, 0.3) is 0 Å². The molecular formula is C21H21N3O4S2. The number of fused-ring (bicyclic) bond motifs is 1. The van der Waals surface area contributed by atoms with Crippen molar-refractivity contribution in [1.29, 1.82) is 0 Å². The monoisotopic (exact) mass is 443 g/mol. The number of aromatic nitrogens is 1. The molecule has 156 valence electrons. The fourth-order valence-electron chi connectivity index (χ4n) is 3.41. The van der Waals surface area contributed by atoms with E-state index in [1.54, 1.807) is 46.8 Å². The summed E-state index contributed by atoms with van der Waals surface area (Å²) in [6, 6.07) is 11.8. The van der Waals surface area contributed by atoms with Crippen LogP contribution in [0.3, 0.4) is 0 Å². The number of carbonyl (C=O) groups excluding carboxylic acids is 1. The number of aryl methyl sites for hydroxylation is 1. The highest BCUT2D eigenvalue weighted by Crippen LogP contribution is 2.32. The van der Waals surface area contributed by atoms with Crippen LogP contribution >= 0.6 is 11.3 Å². The lowest BCUT2D eigenvalue weighted by molar-refractivity contribution is -0.116. The summed E-state index contributed by atoms with van der Waals surface area (Å²) in [4.78, 5) is 17.9. The number of nitrogens with zero attached hydrogens (tertiary/aromatic N) is 2. The maximum atomic E-state index is 13.0. The Bertz CT molecular complexity index is 1160. The highest BCUT2D eigenvalue weighted by Gasteiger charge is 2.23. The molecule has 0 bridgehead atoms. The van der Waals surface area contributed by atoms with Crippen LogP contribution < -0.4 is 14.4 Å². The second kappa shape index (κ2) is 8.45. The zero-order valence-corrected chi connectivity index (χ0v) is 18.0. The standard InChI is InChI=1S/C21H21N3O4S2/c1-15(25)24-10-4-5-16-11-18(8-9-20(16)24)30(26,27)23-19-6-2-3-7-21(19)28-12-17-13-29-14-22-17/h2-3,6-9,11,13-14,23H,4-5,10,12H2,1H3. The van der Waals surface area contributed by atoms with Gasteiger partial charge in [-0.15, -0.1) is 11.3 Å². The molecule has 9 heteroatoms. The number of thiazole rings is 1. The van der Waals surface area contributed by atoms with E-state index >= 15 is 0 Å². The van der Waals surface area contributed by atoms with Crippen LogP contribution in [0.5, 0.6) is 5.75 Å². The van der Waals surface area contributed by atoms with Crippen LogP contribution in [0.15, 0.2) is 58.3 Å². The number of nitrogens with one attached hydrogen (secondary N) is 1. The summed E-state index contributed by atoms with van der Waals surface area (Å²) >= 11 is 1.47. The van der Waals surface area contributed by atoms with Crippen molar-refractivity contribution in [2.24, 2.45) is 0 Å². The third-order valence-electron chi connectivity index (χ3n) is 4.85. The average Bonchev–Trinajstić information content (AvgIpc) is 3.25. The molecule has 0 unspecified atom stereocenters. The van der Waals surface area contributed by atoms with Gasteiger partial charge in [-0.2, -0.15) is 0 Å². The van der Waals surface area contributed by atoms with Crippen LogP contribution in [0, 0.1) is 0 Å². The van der Waals surface area contributed by atoms with E-state index in [0.717, 1.165) is 29.8 Å². The van der Waals surface area contributed by atoms with E-state index < -0.39 is 10.0 Å². The molecule has 0 fully saturated rings. The van der Waals surface area contributed by atoms with Gasteiger partial charge in [-0.3, -0.25) is 9.52 Å². The molecule has 30 heavy (non-hydrogen) atoms. The van der Waals surface area contributed by atoms with Crippen LogP contribution in [0.1, 0.15) is 24.6 Å². The number of anilines is 2. The molecule has 7 nitrogen and oxygen atoms in total. The number of amides is 1. The Morgan fingerprint density at radius 1 is 1.27 bits per heavy atom. The Morgan fingerprint density at radius 3 is 2.87 bits per heavy atom. The van der Waals surface area contributed by atoms with E-state index in [2.05, 4.69) is 9.71 Å². The predicted molar refractivity (Wildman–Crippen MR) is 116 cm³/mol. The molecule has 1 amide bonds. The Balaban J connectivity index is 1.57. The molecule has 1 N–H and O–H groups in total. The van der Waals surface area contributed by atoms with Crippen LogP contribution in [0.2, 0.25) is 0 Å². The maximum absolute atomic E-state index is 13.0. The zero-order valence-electron chi connectivity index (χ0n) is 16.4. The number of ether oxygens (including phenoxy) is 1. The fraction of sp³-hybridized carbons (Fsp3) is 0.238. The van der Waals surface area contributed by atoms with Crippen molar-refractivity contribution in [3.05, 3.63) is 64.6 Å². The molecule has 0 saturated heterocycles.